The van der Waals surface area contributed by atoms with E-state index in [9.17, 15) is 0 Å². The van der Waals surface area contributed by atoms with Crippen LogP contribution in [-0.4, -0.2) is 24.7 Å². The van der Waals surface area contributed by atoms with Gasteiger partial charge >= 0.3 is 0 Å². The highest BCUT2D eigenvalue weighted by Crippen LogP contribution is 2.11. The minimum atomic E-state index is -0.145. The van der Waals surface area contributed by atoms with Crippen molar-refractivity contribution >= 4 is 0 Å². The summed E-state index contributed by atoms with van der Waals surface area (Å²) in [4.78, 5) is 6.96. The Morgan fingerprint density at radius 1 is 1.60 bits per heavy atom. The molecule has 0 aliphatic heterocycles. The first-order chi connectivity index (χ1) is 7.31. The number of aromatic amines is 1. The zero-order valence-electron chi connectivity index (χ0n) is 8.59. The highest BCUT2D eigenvalue weighted by molar-refractivity contribution is 5.03. The summed E-state index contributed by atoms with van der Waals surface area (Å²) in [5.74, 6) is 0.812. The maximum absolute atomic E-state index is 6.04. The summed E-state index contributed by atoms with van der Waals surface area (Å²) >= 11 is 0. The van der Waals surface area contributed by atoms with Crippen LogP contribution in [0.1, 0.15) is 24.5 Å². The molecule has 0 bridgehead atoms. The number of nitrogens with zero attached hydrogens (tertiary/aromatic N) is 4. The molecule has 0 spiro atoms. The van der Waals surface area contributed by atoms with Gasteiger partial charge in [-0.3, -0.25) is 0 Å². The average Bonchev–Trinajstić information content (AvgIpc) is 2.86. The molecule has 80 valence electrons. The second kappa shape index (κ2) is 4.22. The van der Waals surface area contributed by atoms with Gasteiger partial charge in [-0.25, -0.2) is 4.98 Å². The van der Waals surface area contributed by atoms with Gasteiger partial charge in [0, 0.05) is 24.9 Å². The Labute approximate surface area is 87.5 Å². The first-order valence-electron chi connectivity index (χ1n) is 4.91. The minimum Gasteiger partial charge on any atom is -0.348 e. The molecule has 2 aromatic heterocycles. The number of hydrogen-bond acceptors (Lipinski definition) is 4. The molecule has 6 nitrogen and oxygen atoms in total. The van der Waals surface area contributed by atoms with Crippen LogP contribution in [0, 0.1) is 0 Å². The summed E-state index contributed by atoms with van der Waals surface area (Å²) in [6.07, 6.45) is 5.81. The van der Waals surface area contributed by atoms with Crippen molar-refractivity contribution in [3.05, 3.63) is 30.4 Å². The molecule has 0 unspecified atom stereocenters. The van der Waals surface area contributed by atoms with E-state index >= 15 is 0 Å². The second-order valence-electron chi connectivity index (χ2n) is 3.36. The van der Waals surface area contributed by atoms with Gasteiger partial charge in [-0.05, 0) is 6.92 Å². The van der Waals surface area contributed by atoms with E-state index in [1.54, 1.807) is 18.9 Å². The number of nitrogens with two attached hydrogens (primary N) is 1. The zero-order valence-corrected chi connectivity index (χ0v) is 8.59. The van der Waals surface area contributed by atoms with E-state index in [2.05, 4.69) is 20.2 Å². The van der Waals surface area contributed by atoms with Crippen LogP contribution in [0.4, 0.5) is 0 Å². The molecule has 0 radical (unpaired) electrons. The molecule has 1 atom stereocenters. The third-order valence-electron chi connectivity index (χ3n) is 2.31. The standard InChI is InChI=1S/C9H14N6/c1-2-15-6-13-14-9(15)8(10)3-7-4-11-5-12-7/h4-6,8H,2-3,10H2,1H3,(H,11,12)/t8-/m1/s1. The van der Waals surface area contributed by atoms with Crippen LogP contribution in [-0.2, 0) is 13.0 Å². The van der Waals surface area contributed by atoms with Crippen molar-refractivity contribution in [2.45, 2.75) is 25.9 Å². The maximum atomic E-state index is 6.04. The quantitative estimate of drug-likeness (QED) is 0.751. The van der Waals surface area contributed by atoms with Crippen LogP contribution in [0.2, 0.25) is 0 Å². The van der Waals surface area contributed by atoms with Gasteiger partial charge in [0.25, 0.3) is 0 Å². The topological polar surface area (TPSA) is 85.4 Å². The maximum Gasteiger partial charge on any atom is 0.150 e. The third kappa shape index (κ3) is 2.04. The molecule has 0 amide bonds. The predicted octanol–water partition coefficient (Wildman–Crippen LogP) is 0.264. The van der Waals surface area contributed by atoms with Crippen molar-refractivity contribution in [3.8, 4) is 0 Å². The second-order valence-corrected chi connectivity index (χ2v) is 3.36. The van der Waals surface area contributed by atoms with E-state index in [0.29, 0.717) is 6.42 Å². The summed E-state index contributed by atoms with van der Waals surface area (Å²) in [5.41, 5.74) is 7.04. The Kier molecular flexibility index (Phi) is 2.77. The molecule has 2 rings (SSSR count). The van der Waals surface area contributed by atoms with Gasteiger partial charge in [-0.15, -0.1) is 10.2 Å². The lowest BCUT2D eigenvalue weighted by molar-refractivity contribution is 0.594. The SMILES string of the molecule is CCn1cnnc1[C@H](N)Cc1cnc[nH]1. The fourth-order valence-corrected chi connectivity index (χ4v) is 1.52. The van der Waals surface area contributed by atoms with E-state index in [-0.39, 0.29) is 6.04 Å². The van der Waals surface area contributed by atoms with E-state index in [1.165, 1.54) is 0 Å². The van der Waals surface area contributed by atoms with Crippen molar-refractivity contribution in [1.29, 1.82) is 0 Å². The van der Waals surface area contributed by atoms with Crippen LogP contribution in [0.25, 0.3) is 0 Å². The van der Waals surface area contributed by atoms with Gasteiger partial charge in [-0.1, -0.05) is 0 Å². The van der Waals surface area contributed by atoms with E-state index < -0.39 is 0 Å². The molecule has 6 heteroatoms. The fourth-order valence-electron chi connectivity index (χ4n) is 1.52. The molecule has 0 aliphatic rings. The van der Waals surface area contributed by atoms with Crippen molar-refractivity contribution in [2.24, 2.45) is 5.73 Å². The Hall–Kier alpha value is -1.69. The first kappa shape index (κ1) is 9.85. The summed E-state index contributed by atoms with van der Waals surface area (Å²) in [7, 11) is 0. The molecule has 0 fully saturated rings. The summed E-state index contributed by atoms with van der Waals surface area (Å²) in [6, 6.07) is -0.145. The normalized spacial score (nSPS) is 12.9. The smallest absolute Gasteiger partial charge is 0.150 e. The summed E-state index contributed by atoms with van der Waals surface area (Å²) in [6.45, 7) is 2.87. The van der Waals surface area contributed by atoms with E-state index in [0.717, 1.165) is 18.1 Å². The van der Waals surface area contributed by atoms with Crippen molar-refractivity contribution in [1.82, 2.24) is 24.7 Å². The Morgan fingerprint density at radius 3 is 3.13 bits per heavy atom. The fraction of sp³-hybridized carbons (Fsp3) is 0.444. The zero-order chi connectivity index (χ0) is 10.7. The number of rotatable bonds is 4. The Morgan fingerprint density at radius 2 is 2.47 bits per heavy atom. The molecule has 15 heavy (non-hydrogen) atoms. The molecule has 0 aliphatic carbocycles. The van der Waals surface area contributed by atoms with Crippen LogP contribution in [0.5, 0.6) is 0 Å². The Bertz CT molecular complexity index is 404. The minimum absolute atomic E-state index is 0.145. The molecule has 2 aromatic rings. The molecule has 0 saturated carbocycles. The van der Waals surface area contributed by atoms with Crippen molar-refractivity contribution in [3.63, 3.8) is 0 Å². The summed E-state index contributed by atoms with van der Waals surface area (Å²) in [5, 5.41) is 7.87. The van der Waals surface area contributed by atoms with Crippen molar-refractivity contribution in [2.75, 3.05) is 0 Å². The molecular weight excluding hydrogens is 192 g/mol. The number of aryl methyl sites for hydroxylation is 1. The molecule has 0 saturated heterocycles. The van der Waals surface area contributed by atoms with E-state index in [1.807, 2.05) is 11.5 Å². The lowest BCUT2D eigenvalue weighted by Crippen LogP contribution is -2.18. The highest BCUT2D eigenvalue weighted by Gasteiger charge is 2.13. The number of H-pyrrole nitrogens is 1. The van der Waals surface area contributed by atoms with Gasteiger partial charge in [0.15, 0.2) is 0 Å². The lowest BCUT2D eigenvalue weighted by Gasteiger charge is -2.10. The lowest BCUT2D eigenvalue weighted by atomic mass is 10.1. The largest absolute Gasteiger partial charge is 0.348 e. The monoisotopic (exact) mass is 206 g/mol. The van der Waals surface area contributed by atoms with Gasteiger partial charge in [0.2, 0.25) is 0 Å². The average molecular weight is 206 g/mol. The van der Waals surface area contributed by atoms with E-state index in [4.69, 9.17) is 5.73 Å². The van der Waals surface area contributed by atoms with Crippen LogP contribution < -0.4 is 5.73 Å². The van der Waals surface area contributed by atoms with Gasteiger partial charge in [0.05, 0.1) is 12.4 Å². The third-order valence-corrected chi connectivity index (χ3v) is 2.31. The van der Waals surface area contributed by atoms with Gasteiger partial charge in [0.1, 0.15) is 12.2 Å². The van der Waals surface area contributed by atoms with Crippen molar-refractivity contribution < 1.29 is 0 Å². The number of aromatic nitrogens is 5. The number of hydrogen-bond donors (Lipinski definition) is 2. The van der Waals surface area contributed by atoms with Crippen LogP contribution in [0.15, 0.2) is 18.9 Å². The van der Waals surface area contributed by atoms with Crippen LogP contribution >= 0.6 is 0 Å². The predicted molar refractivity (Wildman–Crippen MR) is 54.9 cm³/mol. The molecule has 0 aromatic carbocycles. The first-order valence-corrected chi connectivity index (χ1v) is 4.91. The number of nitrogens with one attached hydrogen (secondary N) is 1. The molecule has 3 N–H and O–H groups in total. The Balaban J connectivity index is 2.11. The van der Waals surface area contributed by atoms with Gasteiger partial charge in [-0.2, -0.15) is 0 Å². The highest BCUT2D eigenvalue weighted by atomic mass is 15.3. The molecule has 2 heterocycles. The number of imidazole rings is 1. The summed E-state index contributed by atoms with van der Waals surface area (Å²) < 4.78 is 1.95. The van der Waals surface area contributed by atoms with Gasteiger partial charge < -0.3 is 15.3 Å². The molecular formula is C9H14N6. The van der Waals surface area contributed by atoms with Crippen LogP contribution in [0.3, 0.4) is 0 Å².